The minimum Gasteiger partial charge on any atom is -0.370 e. The van der Waals surface area contributed by atoms with E-state index < -0.39 is 17.9 Å². The number of unbranched alkanes of at least 4 members (excludes halogenated alkanes) is 10. The third kappa shape index (κ3) is 14.2. The fourth-order valence-corrected chi connectivity index (χ4v) is 2.55. The predicted octanol–water partition coefficient (Wildman–Crippen LogP) is 2.53. The summed E-state index contributed by atoms with van der Waals surface area (Å²) in [6.45, 7) is 2.23. The number of carbonyl (C=O) groups is 3. The van der Waals surface area contributed by atoms with Gasteiger partial charge in [0.05, 0.1) is 12.5 Å². The molecule has 0 bridgehead atoms. The highest BCUT2D eigenvalue weighted by Gasteiger charge is 2.17. The molecule has 0 saturated carbocycles. The van der Waals surface area contributed by atoms with E-state index in [0.717, 1.165) is 19.3 Å². The lowest BCUT2D eigenvalue weighted by Gasteiger charge is -2.09. The first-order chi connectivity index (χ1) is 11.5. The molecule has 0 aliphatic carbocycles. The number of imide groups is 1. The van der Waals surface area contributed by atoms with E-state index in [4.69, 9.17) is 11.5 Å². The lowest BCUT2D eigenvalue weighted by atomic mass is 10.1. The molecule has 0 fully saturated rings. The highest BCUT2D eigenvalue weighted by atomic mass is 16.2. The molecule has 140 valence electrons. The van der Waals surface area contributed by atoms with Gasteiger partial charge < -0.3 is 11.5 Å². The van der Waals surface area contributed by atoms with Crippen molar-refractivity contribution in [1.29, 1.82) is 0 Å². The maximum atomic E-state index is 11.6. The van der Waals surface area contributed by atoms with E-state index in [-0.39, 0.29) is 12.3 Å². The molecule has 5 N–H and O–H groups in total. The van der Waals surface area contributed by atoms with Crippen molar-refractivity contribution in [2.75, 3.05) is 0 Å². The van der Waals surface area contributed by atoms with Gasteiger partial charge in [-0.2, -0.15) is 0 Å². The normalized spacial score (nSPS) is 11.9. The second-order valence-electron chi connectivity index (χ2n) is 6.47. The first-order valence-corrected chi connectivity index (χ1v) is 9.35. The van der Waals surface area contributed by atoms with Gasteiger partial charge in [-0.05, 0) is 6.42 Å². The van der Waals surface area contributed by atoms with Crippen molar-refractivity contribution in [3.63, 3.8) is 0 Å². The van der Waals surface area contributed by atoms with Crippen molar-refractivity contribution in [3.8, 4) is 0 Å². The van der Waals surface area contributed by atoms with Crippen molar-refractivity contribution in [3.05, 3.63) is 0 Å². The minimum absolute atomic E-state index is 0.252. The van der Waals surface area contributed by atoms with Crippen LogP contribution in [-0.4, -0.2) is 23.8 Å². The molecule has 0 spiro atoms. The van der Waals surface area contributed by atoms with Gasteiger partial charge in [0, 0.05) is 6.42 Å². The van der Waals surface area contributed by atoms with Crippen LogP contribution in [0.3, 0.4) is 0 Å². The largest absolute Gasteiger partial charge is 0.370 e. The van der Waals surface area contributed by atoms with E-state index in [1.807, 2.05) is 0 Å². The van der Waals surface area contributed by atoms with Crippen molar-refractivity contribution >= 4 is 17.7 Å². The maximum absolute atomic E-state index is 11.6. The molecule has 0 aliphatic heterocycles. The zero-order chi connectivity index (χ0) is 18.2. The number of nitrogens with one attached hydrogen (secondary N) is 1. The monoisotopic (exact) mass is 341 g/mol. The second-order valence-corrected chi connectivity index (χ2v) is 6.47. The molecule has 0 aromatic carbocycles. The summed E-state index contributed by atoms with van der Waals surface area (Å²) in [4.78, 5) is 33.8. The highest BCUT2D eigenvalue weighted by molar-refractivity contribution is 5.99. The van der Waals surface area contributed by atoms with Crippen LogP contribution >= 0.6 is 0 Å². The molecule has 0 aromatic rings. The van der Waals surface area contributed by atoms with E-state index in [9.17, 15) is 14.4 Å². The third-order valence-electron chi connectivity index (χ3n) is 4.03. The highest BCUT2D eigenvalue weighted by Crippen LogP contribution is 2.11. The Bertz CT molecular complexity index is 373. The Morgan fingerprint density at radius 1 is 0.833 bits per heavy atom. The molecule has 0 saturated heterocycles. The van der Waals surface area contributed by atoms with Crippen molar-refractivity contribution in [1.82, 2.24) is 5.32 Å². The van der Waals surface area contributed by atoms with Gasteiger partial charge in [-0.15, -0.1) is 0 Å². The van der Waals surface area contributed by atoms with Gasteiger partial charge in [-0.1, -0.05) is 71.1 Å². The number of primary amides is 1. The second kappa shape index (κ2) is 15.1. The number of amides is 3. The van der Waals surface area contributed by atoms with Crippen molar-refractivity contribution < 1.29 is 14.4 Å². The third-order valence-corrected chi connectivity index (χ3v) is 4.03. The maximum Gasteiger partial charge on any atom is 0.243 e. The summed E-state index contributed by atoms with van der Waals surface area (Å²) in [6.07, 6.45) is 13.4. The first-order valence-electron chi connectivity index (χ1n) is 9.35. The average molecular weight is 341 g/mol. The Hall–Kier alpha value is -1.43. The molecular formula is C18H35N3O3. The number of rotatable bonds is 15. The van der Waals surface area contributed by atoms with Gasteiger partial charge in [0.2, 0.25) is 17.7 Å². The van der Waals surface area contributed by atoms with Gasteiger partial charge in [-0.25, -0.2) is 0 Å². The quantitative estimate of drug-likeness (QED) is 0.397. The average Bonchev–Trinajstić information content (AvgIpc) is 2.51. The van der Waals surface area contributed by atoms with E-state index in [0.29, 0.717) is 6.42 Å². The van der Waals surface area contributed by atoms with E-state index in [2.05, 4.69) is 12.2 Å². The minimum atomic E-state index is -1.05. The van der Waals surface area contributed by atoms with Crippen molar-refractivity contribution in [2.45, 2.75) is 96.4 Å². The lowest BCUT2D eigenvalue weighted by molar-refractivity contribution is -0.132. The Kier molecular flexibility index (Phi) is 14.2. The number of hydrogen-bond acceptors (Lipinski definition) is 4. The van der Waals surface area contributed by atoms with Gasteiger partial charge >= 0.3 is 0 Å². The van der Waals surface area contributed by atoms with E-state index in [1.54, 1.807) is 0 Å². The van der Waals surface area contributed by atoms with Crippen LogP contribution in [0.2, 0.25) is 0 Å². The van der Waals surface area contributed by atoms with E-state index in [1.165, 1.54) is 51.4 Å². The topological polar surface area (TPSA) is 115 Å². The molecule has 6 nitrogen and oxygen atoms in total. The summed E-state index contributed by atoms with van der Waals surface area (Å²) in [7, 11) is 0. The standard InChI is InChI=1S/C18H35N3O3/c1-2-3-4-5-6-7-8-9-10-11-12-13-17(23)21-18(24)15(19)14-16(20)22/h15H,2-14,19H2,1H3,(H2,20,22)(H,21,23,24)/t15-/m0/s1. The molecule has 3 amide bonds. The summed E-state index contributed by atoms with van der Waals surface area (Å²) in [6, 6.07) is -1.05. The Labute approximate surface area is 146 Å². The number of hydrogen-bond donors (Lipinski definition) is 3. The van der Waals surface area contributed by atoms with Crippen LogP contribution in [0.4, 0.5) is 0 Å². The molecule has 0 rings (SSSR count). The van der Waals surface area contributed by atoms with Crippen LogP contribution < -0.4 is 16.8 Å². The molecule has 0 radical (unpaired) electrons. The zero-order valence-corrected chi connectivity index (χ0v) is 15.1. The molecule has 0 heterocycles. The van der Waals surface area contributed by atoms with Crippen LogP contribution in [0.25, 0.3) is 0 Å². The fraction of sp³-hybridized carbons (Fsp3) is 0.833. The number of nitrogens with two attached hydrogens (primary N) is 2. The van der Waals surface area contributed by atoms with Crippen LogP contribution in [-0.2, 0) is 14.4 Å². The Balaban J connectivity index is 3.46. The smallest absolute Gasteiger partial charge is 0.243 e. The molecule has 0 aliphatic rings. The Morgan fingerprint density at radius 3 is 1.75 bits per heavy atom. The van der Waals surface area contributed by atoms with Gasteiger partial charge in [-0.3, -0.25) is 19.7 Å². The summed E-state index contributed by atoms with van der Waals surface area (Å²) in [5.74, 6) is -1.63. The van der Waals surface area contributed by atoms with E-state index >= 15 is 0 Å². The summed E-state index contributed by atoms with van der Waals surface area (Å²) < 4.78 is 0. The molecule has 6 heteroatoms. The zero-order valence-electron chi connectivity index (χ0n) is 15.1. The fourth-order valence-electron chi connectivity index (χ4n) is 2.55. The molecular weight excluding hydrogens is 306 g/mol. The van der Waals surface area contributed by atoms with Crippen LogP contribution in [0.1, 0.15) is 90.4 Å². The molecule has 1 atom stereocenters. The molecule has 0 unspecified atom stereocenters. The SMILES string of the molecule is CCCCCCCCCCCCCC(=O)NC(=O)[C@@H](N)CC(N)=O. The van der Waals surface area contributed by atoms with Gasteiger partial charge in [0.1, 0.15) is 0 Å². The van der Waals surface area contributed by atoms with Gasteiger partial charge in [0.15, 0.2) is 0 Å². The predicted molar refractivity (Wildman–Crippen MR) is 96.0 cm³/mol. The van der Waals surface area contributed by atoms with Crippen LogP contribution in [0.15, 0.2) is 0 Å². The van der Waals surface area contributed by atoms with Gasteiger partial charge in [0.25, 0.3) is 0 Å². The number of carbonyl (C=O) groups excluding carboxylic acids is 3. The first kappa shape index (κ1) is 22.6. The molecule has 24 heavy (non-hydrogen) atoms. The Morgan fingerprint density at radius 2 is 1.29 bits per heavy atom. The summed E-state index contributed by atoms with van der Waals surface area (Å²) in [5, 5.41) is 2.21. The lowest BCUT2D eigenvalue weighted by Crippen LogP contribution is -2.45. The van der Waals surface area contributed by atoms with Crippen molar-refractivity contribution in [2.24, 2.45) is 11.5 Å². The van der Waals surface area contributed by atoms with Crippen LogP contribution in [0.5, 0.6) is 0 Å². The summed E-state index contributed by atoms with van der Waals surface area (Å²) in [5.41, 5.74) is 10.4. The van der Waals surface area contributed by atoms with Crippen LogP contribution in [0, 0.1) is 0 Å². The molecule has 0 aromatic heterocycles. The summed E-state index contributed by atoms with van der Waals surface area (Å²) >= 11 is 0.